The molecule has 1 fully saturated rings. The maximum absolute atomic E-state index is 13.3. The third kappa shape index (κ3) is 4.60. The highest BCUT2D eigenvalue weighted by molar-refractivity contribution is 5.28. The van der Waals surface area contributed by atoms with Crippen molar-refractivity contribution in [3.63, 3.8) is 0 Å². The molecule has 1 N–H and O–H groups in total. The van der Waals surface area contributed by atoms with Crippen LogP contribution in [0.25, 0.3) is 0 Å². The fourth-order valence-electron chi connectivity index (χ4n) is 3.06. The molecule has 1 nitrogen and oxygen atoms in total. The molecule has 134 valence electrons. The predicted molar refractivity (Wildman–Crippen MR) is 89.8 cm³/mol. The Labute approximate surface area is 145 Å². The van der Waals surface area contributed by atoms with Gasteiger partial charge in [-0.15, -0.1) is 0 Å². The highest BCUT2D eigenvalue weighted by Gasteiger charge is 2.34. The fraction of sp³-hybridized carbons (Fsp3) is 0.400. The van der Waals surface area contributed by atoms with Crippen LogP contribution >= 0.6 is 0 Å². The van der Waals surface area contributed by atoms with Crippen molar-refractivity contribution in [1.82, 2.24) is 5.32 Å². The van der Waals surface area contributed by atoms with Gasteiger partial charge in [-0.3, -0.25) is 0 Å². The molecular weight excluding hydrogens is 330 g/mol. The zero-order valence-electron chi connectivity index (χ0n) is 13.9. The molecule has 0 radical (unpaired) electrons. The largest absolute Gasteiger partial charge is 0.419 e. The van der Waals surface area contributed by atoms with Crippen molar-refractivity contribution in [2.75, 3.05) is 6.54 Å². The number of hydrogen-bond acceptors (Lipinski definition) is 1. The van der Waals surface area contributed by atoms with Gasteiger partial charge < -0.3 is 5.32 Å². The quantitative estimate of drug-likeness (QED) is 0.539. The minimum Gasteiger partial charge on any atom is -0.312 e. The van der Waals surface area contributed by atoms with E-state index in [4.69, 9.17) is 0 Å². The molecule has 0 bridgehead atoms. The summed E-state index contributed by atoms with van der Waals surface area (Å²) in [7, 11) is 0. The average Bonchev–Trinajstić information content (AvgIpc) is 2.52. The molecule has 0 aromatic heterocycles. The Hall–Kier alpha value is -1.88. The molecule has 2 aromatic rings. The number of halogens is 4. The standard InChI is InChI=1S/C20H21F4N/c21-19-9-6-14(12-18(19)20(22,23)24)10-11-25-13-15-4-7-17(8-5-15)16-2-1-3-16/h4-9,12,16,25H,1-3,10-11,13H2. The van der Waals surface area contributed by atoms with Crippen LogP contribution in [0, 0.1) is 5.82 Å². The Morgan fingerprint density at radius 2 is 1.64 bits per heavy atom. The van der Waals surface area contributed by atoms with Crippen LogP contribution in [0.1, 0.15) is 47.4 Å². The first-order valence-corrected chi connectivity index (χ1v) is 8.58. The van der Waals surface area contributed by atoms with E-state index in [9.17, 15) is 17.6 Å². The first-order valence-electron chi connectivity index (χ1n) is 8.58. The second-order valence-electron chi connectivity index (χ2n) is 6.61. The van der Waals surface area contributed by atoms with Gasteiger partial charge in [-0.1, -0.05) is 36.8 Å². The van der Waals surface area contributed by atoms with Gasteiger partial charge in [0.1, 0.15) is 5.82 Å². The molecule has 0 saturated heterocycles. The number of rotatable bonds is 6. The second-order valence-corrected chi connectivity index (χ2v) is 6.61. The Kier molecular flexibility index (Phi) is 5.42. The van der Waals surface area contributed by atoms with E-state index in [1.165, 1.54) is 30.9 Å². The summed E-state index contributed by atoms with van der Waals surface area (Å²) in [5.41, 5.74) is 1.82. The molecule has 0 atom stereocenters. The summed E-state index contributed by atoms with van der Waals surface area (Å²) >= 11 is 0. The lowest BCUT2D eigenvalue weighted by atomic mass is 9.80. The molecule has 2 aromatic carbocycles. The van der Waals surface area contributed by atoms with Crippen LogP contribution in [-0.4, -0.2) is 6.54 Å². The first-order chi connectivity index (χ1) is 11.9. The maximum Gasteiger partial charge on any atom is 0.419 e. The second kappa shape index (κ2) is 7.56. The lowest BCUT2D eigenvalue weighted by molar-refractivity contribution is -0.140. The van der Waals surface area contributed by atoms with Crippen molar-refractivity contribution in [2.45, 2.75) is 44.3 Å². The highest BCUT2D eigenvalue weighted by Crippen LogP contribution is 2.36. The number of nitrogens with one attached hydrogen (secondary N) is 1. The zero-order chi connectivity index (χ0) is 17.9. The fourth-order valence-corrected chi connectivity index (χ4v) is 3.06. The number of benzene rings is 2. The van der Waals surface area contributed by atoms with Crippen molar-refractivity contribution in [3.8, 4) is 0 Å². The molecule has 0 aliphatic heterocycles. The third-order valence-electron chi connectivity index (χ3n) is 4.81. The van der Waals surface area contributed by atoms with Crippen LogP contribution in [0.5, 0.6) is 0 Å². The summed E-state index contributed by atoms with van der Waals surface area (Å²) in [6.07, 6.45) is -0.378. The molecular formula is C20H21F4N. The van der Waals surface area contributed by atoms with Crippen molar-refractivity contribution in [3.05, 3.63) is 70.5 Å². The van der Waals surface area contributed by atoms with Crippen LogP contribution in [0.2, 0.25) is 0 Å². The van der Waals surface area contributed by atoms with Crippen molar-refractivity contribution in [2.24, 2.45) is 0 Å². The Balaban J connectivity index is 1.48. The number of alkyl halides is 3. The van der Waals surface area contributed by atoms with E-state index in [1.54, 1.807) is 0 Å². The molecule has 0 amide bonds. The van der Waals surface area contributed by atoms with Gasteiger partial charge in [-0.2, -0.15) is 13.2 Å². The van der Waals surface area contributed by atoms with Gasteiger partial charge in [0.15, 0.2) is 0 Å². The smallest absolute Gasteiger partial charge is 0.312 e. The molecule has 1 aliphatic carbocycles. The molecule has 3 rings (SSSR count). The Morgan fingerprint density at radius 3 is 2.24 bits per heavy atom. The number of hydrogen-bond donors (Lipinski definition) is 1. The average molecular weight is 351 g/mol. The minimum atomic E-state index is -4.66. The van der Waals surface area contributed by atoms with E-state index in [1.807, 2.05) is 0 Å². The summed E-state index contributed by atoms with van der Waals surface area (Å²) in [4.78, 5) is 0. The van der Waals surface area contributed by atoms with Gasteiger partial charge in [0, 0.05) is 6.54 Å². The summed E-state index contributed by atoms with van der Waals surface area (Å²) < 4.78 is 51.4. The summed E-state index contributed by atoms with van der Waals surface area (Å²) in [6, 6.07) is 11.7. The van der Waals surface area contributed by atoms with Gasteiger partial charge in [0.25, 0.3) is 0 Å². The molecule has 0 unspecified atom stereocenters. The summed E-state index contributed by atoms with van der Waals surface area (Å²) in [5.74, 6) is -0.515. The van der Waals surface area contributed by atoms with Crippen molar-refractivity contribution >= 4 is 0 Å². The van der Waals surface area contributed by atoms with E-state index < -0.39 is 17.6 Å². The van der Waals surface area contributed by atoms with Crippen LogP contribution in [0.4, 0.5) is 17.6 Å². The predicted octanol–water partition coefficient (Wildman–Crippen LogP) is 5.44. The van der Waals surface area contributed by atoms with E-state index in [2.05, 4.69) is 29.6 Å². The highest BCUT2D eigenvalue weighted by atomic mass is 19.4. The summed E-state index contributed by atoms with van der Waals surface area (Å²) in [5, 5.41) is 3.22. The van der Waals surface area contributed by atoms with Crippen molar-refractivity contribution < 1.29 is 17.6 Å². The lowest BCUT2D eigenvalue weighted by Crippen LogP contribution is -2.17. The Morgan fingerprint density at radius 1 is 0.960 bits per heavy atom. The zero-order valence-corrected chi connectivity index (χ0v) is 13.9. The van der Waals surface area contributed by atoms with E-state index >= 15 is 0 Å². The van der Waals surface area contributed by atoms with Crippen LogP contribution in [0.15, 0.2) is 42.5 Å². The van der Waals surface area contributed by atoms with Crippen LogP contribution < -0.4 is 5.32 Å². The monoisotopic (exact) mass is 351 g/mol. The molecule has 25 heavy (non-hydrogen) atoms. The molecule has 5 heteroatoms. The van der Waals surface area contributed by atoms with Crippen LogP contribution in [-0.2, 0) is 19.1 Å². The van der Waals surface area contributed by atoms with Crippen LogP contribution in [0.3, 0.4) is 0 Å². The molecule has 0 spiro atoms. The first kappa shape index (κ1) is 17.9. The molecule has 1 aliphatic rings. The van der Waals surface area contributed by atoms with E-state index in [0.29, 0.717) is 31.0 Å². The lowest BCUT2D eigenvalue weighted by Gasteiger charge is -2.25. The van der Waals surface area contributed by atoms with E-state index in [-0.39, 0.29) is 0 Å². The van der Waals surface area contributed by atoms with Gasteiger partial charge in [0.2, 0.25) is 0 Å². The van der Waals surface area contributed by atoms with Crippen molar-refractivity contribution in [1.29, 1.82) is 0 Å². The van der Waals surface area contributed by atoms with Gasteiger partial charge >= 0.3 is 6.18 Å². The Bertz CT molecular complexity index is 703. The maximum atomic E-state index is 13.3. The SMILES string of the molecule is Fc1ccc(CCNCc2ccc(C3CCC3)cc2)cc1C(F)(F)F. The third-order valence-corrected chi connectivity index (χ3v) is 4.81. The normalized spacial score (nSPS) is 15.2. The topological polar surface area (TPSA) is 12.0 Å². The van der Waals surface area contributed by atoms with E-state index in [0.717, 1.165) is 17.7 Å². The molecule has 0 heterocycles. The van der Waals surface area contributed by atoms with Gasteiger partial charge in [-0.05, 0) is 60.5 Å². The van der Waals surface area contributed by atoms with Gasteiger partial charge in [0.05, 0.1) is 5.56 Å². The molecule has 1 saturated carbocycles. The van der Waals surface area contributed by atoms with Gasteiger partial charge in [-0.25, -0.2) is 4.39 Å². The minimum absolute atomic E-state index is 0.420. The summed E-state index contributed by atoms with van der Waals surface area (Å²) in [6.45, 7) is 1.20.